The first-order valence-electron chi connectivity index (χ1n) is 7.10. The summed E-state index contributed by atoms with van der Waals surface area (Å²) in [7, 11) is 0. The molecule has 0 saturated carbocycles. The standard InChI is InChI=1S/C15H27NO2/c1-14(2)12-16-9-5-3-4-6-10-17-13-15-8-7-11-18-15/h7-8,11,14,16H,3-6,9-10,12-13H2,1-2H3. The average molecular weight is 253 g/mol. The normalized spacial score (nSPS) is 11.3. The molecular weight excluding hydrogens is 226 g/mol. The zero-order valence-corrected chi connectivity index (χ0v) is 11.8. The molecule has 0 spiro atoms. The summed E-state index contributed by atoms with van der Waals surface area (Å²) in [6.07, 6.45) is 6.63. The van der Waals surface area contributed by atoms with Crippen molar-refractivity contribution in [2.24, 2.45) is 5.92 Å². The smallest absolute Gasteiger partial charge is 0.129 e. The zero-order valence-electron chi connectivity index (χ0n) is 11.8. The molecule has 0 aromatic carbocycles. The predicted molar refractivity (Wildman–Crippen MR) is 74.5 cm³/mol. The fourth-order valence-electron chi connectivity index (χ4n) is 1.77. The first-order chi connectivity index (χ1) is 8.79. The Labute approximate surface area is 111 Å². The topological polar surface area (TPSA) is 34.4 Å². The van der Waals surface area contributed by atoms with Crippen molar-refractivity contribution in [3.05, 3.63) is 24.2 Å². The van der Waals surface area contributed by atoms with Crippen LogP contribution in [0.2, 0.25) is 0 Å². The highest BCUT2D eigenvalue weighted by Crippen LogP contribution is 2.04. The molecule has 0 bridgehead atoms. The van der Waals surface area contributed by atoms with E-state index in [0.29, 0.717) is 6.61 Å². The van der Waals surface area contributed by atoms with E-state index in [1.54, 1.807) is 6.26 Å². The fourth-order valence-corrected chi connectivity index (χ4v) is 1.77. The minimum absolute atomic E-state index is 0.600. The summed E-state index contributed by atoms with van der Waals surface area (Å²) in [5, 5.41) is 3.46. The van der Waals surface area contributed by atoms with Crippen LogP contribution in [0.4, 0.5) is 0 Å². The van der Waals surface area contributed by atoms with Crippen molar-refractivity contribution >= 4 is 0 Å². The minimum Gasteiger partial charge on any atom is -0.467 e. The van der Waals surface area contributed by atoms with E-state index in [4.69, 9.17) is 9.15 Å². The molecule has 0 radical (unpaired) electrons. The van der Waals surface area contributed by atoms with Gasteiger partial charge in [-0.1, -0.05) is 26.7 Å². The highest BCUT2D eigenvalue weighted by molar-refractivity contribution is 4.95. The number of hydrogen-bond donors (Lipinski definition) is 1. The molecule has 3 heteroatoms. The van der Waals surface area contributed by atoms with Crippen LogP contribution in [-0.4, -0.2) is 19.7 Å². The van der Waals surface area contributed by atoms with E-state index in [9.17, 15) is 0 Å². The molecule has 0 aliphatic rings. The highest BCUT2D eigenvalue weighted by Gasteiger charge is 1.96. The molecule has 0 aliphatic carbocycles. The van der Waals surface area contributed by atoms with E-state index in [-0.39, 0.29) is 0 Å². The molecule has 1 aromatic heterocycles. The van der Waals surface area contributed by atoms with Crippen LogP contribution < -0.4 is 5.32 Å². The van der Waals surface area contributed by atoms with E-state index in [0.717, 1.165) is 37.8 Å². The van der Waals surface area contributed by atoms with Gasteiger partial charge in [-0.25, -0.2) is 0 Å². The lowest BCUT2D eigenvalue weighted by Crippen LogP contribution is -2.20. The van der Waals surface area contributed by atoms with Crippen molar-refractivity contribution in [3.8, 4) is 0 Å². The second-order valence-electron chi connectivity index (χ2n) is 5.14. The molecule has 1 rings (SSSR count). The molecule has 0 saturated heterocycles. The van der Waals surface area contributed by atoms with E-state index in [2.05, 4.69) is 19.2 Å². The van der Waals surface area contributed by atoms with Gasteiger partial charge in [-0.2, -0.15) is 0 Å². The van der Waals surface area contributed by atoms with E-state index >= 15 is 0 Å². The Morgan fingerprint density at radius 3 is 2.78 bits per heavy atom. The molecule has 1 aromatic rings. The van der Waals surface area contributed by atoms with E-state index < -0.39 is 0 Å². The maximum absolute atomic E-state index is 5.53. The highest BCUT2D eigenvalue weighted by atomic mass is 16.5. The van der Waals surface area contributed by atoms with E-state index in [1.807, 2.05) is 12.1 Å². The molecule has 3 nitrogen and oxygen atoms in total. The lowest BCUT2D eigenvalue weighted by Gasteiger charge is -2.07. The maximum atomic E-state index is 5.53. The maximum Gasteiger partial charge on any atom is 0.129 e. The number of rotatable bonds is 11. The second kappa shape index (κ2) is 10.2. The van der Waals surface area contributed by atoms with Crippen LogP contribution in [-0.2, 0) is 11.3 Å². The van der Waals surface area contributed by atoms with E-state index in [1.165, 1.54) is 19.3 Å². The molecule has 18 heavy (non-hydrogen) atoms. The summed E-state index contributed by atoms with van der Waals surface area (Å²) >= 11 is 0. The largest absolute Gasteiger partial charge is 0.467 e. The van der Waals surface area contributed by atoms with Gasteiger partial charge in [0, 0.05) is 6.61 Å². The Balaban J connectivity index is 1.76. The summed E-state index contributed by atoms with van der Waals surface area (Å²) in [4.78, 5) is 0. The van der Waals surface area contributed by atoms with Crippen molar-refractivity contribution in [2.45, 2.75) is 46.1 Å². The Morgan fingerprint density at radius 2 is 2.06 bits per heavy atom. The van der Waals surface area contributed by atoms with Crippen molar-refractivity contribution in [1.29, 1.82) is 0 Å². The Hall–Kier alpha value is -0.800. The summed E-state index contributed by atoms with van der Waals surface area (Å²) in [5.41, 5.74) is 0. The van der Waals surface area contributed by atoms with Gasteiger partial charge < -0.3 is 14.5 Å². The van der Waals surface area contributed by atoms with Crippen LogP contribution in [0.5, 0.6) is 0 Å². The fraction of sp³-hybridized carbons (Fsp3) is 0.733. The summed E-state index contributed by atoms with van der Waals surface area (Å²) in [6.45, 7) is 8.19. The number of ether oxygens (including phenoxy) is 1. The van der Waals surface area contributed by atoms with Gasteiger partial charge in [0.2, 0.25) is 0 Å². The van der Waals surface area contributed by atoms with Gasteiger partial charge in [0.1, 0.15) is 12.4 Å². The van der Waals surface area contributed by atoms with Gasteiger partial charge in [-0.15, -0.1) is 0 Å². The molecule has 0 amide bonds. The molecule has 0 unspecified atom stereocenters. The van der Waals surface area contributed by atoms with Gasteiger partial charge in [-0.3, -0.25) is 0 Å². The number of unbranched alkanes of at least 4 members (excludes halogenated alkanes) is 3. The van der Waals surface area contributed by atoms with Crippen molar-refractivity contribution in [3.63, 3.8) is 0 Å². The monoisotopic (exact) mass is 253 g/mol. The minimum atomic E-state index is 0.600. The number of hydrogen-bond acceptors (Lipinski definition) is 3. The molecule has 0 atom stereocenters. The van der Waals surface area contributed by atoms with Gasteiger partial charge in [0.05, 0.1) is 6.26 Å². The zero-order chi connectivity index (χ0) is 13.1. The molecule has 104 valence electrons. The quantitative estimate of drug-likeness (QED) is 0.612. The average Bonchev–Trinajstić information content (AvgIpc) is 2.84. The number of nitrogens with one attached hydrogen (secondary N) is 1. The molecule has 1 heterocycles. The third kappa shape index (κ3) is 8.31. The molecule has 0 fully saturated rings. The number of furan rings is 1. The van der Waals surface area contributed by atoms with Crippen LogP contribution >= 0.6 is 0 Å². The van der Waals surface area contributed by atoms with Gasteiger partial charge >= 0.3 is 0 Å². The van der Waals surface area contributed by atoms with Gasteiger partial charge in [0.25, 0.3) is 0 Å². The lowest BCUT2D eigenvalue weighted by atomic mass is 10.2. The lowest BCUT2D eigenvalue weighted by molar-refractivity contribution is 0.102. The van der Waals surface area contributed by atoms with Crippen LogP contribution in [0.25, 0.3) is 0 Å². The van der Waals surface area contributed by atoms with Gasteiger partial charge in [-0.05, 0) is 44.0 Å². The first-order valence-corrected chi connectivity index (χ1v) is 7.10. The third-order valence-electron chi connectivity index (χ3n) is 2.77. The van der Waals surface area contributed by atoms with Crippen LogP contribution in [0.15, 0.2) is 22.8 Å². The van der Waals surface area contributed by atoms with Crippen LogP contribution in [0.1, 0.15) is 45.3 Å². The van der Waals surface area contributed by atoms with Crippen molar-refractivity contribution in [2.75, 3.05) is 19.7 Å². The Morgan fingerprint density at radius 1 is 1.22 bits per heavy atom. The third-order valence-corrected chi connectivity index (χ3v) is 2.77. The first kappa shape index (κ1) is 15.3. The van der Waals surface area contributed by atoms with Crippen molar-refractivity contribution < 1.29 is 9.15 Å². The van der Waals surface area contributed by atoms with Gasteiger partial charge in [0.15, 0.2) is 0 Å². The molecule has 1 N–H and O–H groups in total. The predicted octanol–water partition coefficient (Wildman–Crippen LogP) is 3.60. The summed E-state index contributed by atoms with van der Waals surface area (Å²) < 4.78 is 10.7. The SMILES string of the molecule is CC(C)CNCCCCCCOCc1ccco1. The van der Waals surface area contributed by atoms with Crippen molar-refractivity contribution in [1.82, 2.24) is 5.32 Å². The second-order valence-corrected chi connectivity index (χ2v) is 5.14. The Bertz CT molecular complexity index is 270. The van der Waals surface area contributed by atoms with Crippen LogP contribution in [0.3, 0.4) is 0 Å². The summed E-state index contributed by atoms with van der Waals surface area (Å²) in [6, 6.07) is 3.84. The Kier molecular flexibility index (Phi) is 8.61. The van der Waals surface area contributed by atoms with Crippen LogP contribution in [0, 0.1) is 5.92 Å². The molecule has 0 aliphatic heterocycles. The molecular formula is C15H27NO2. The summed E-state index contributed by atoms with van der Waals surface area (Å²) in [5.74, 6) is 1.66.